The van der Waals surface area contributed by atoms with Crippen LogP contribution in [0, 0.1) is 5.92 Å². The van der Waals surface area contributed by atoms with Crippen LogP contribution < -0.4 is 0 Å². The van der Waals surface area contributed by atoms with Gasteiger partial charge in [-0.2, -0.15) is 0 Å². The Balaban J connectivity index is 0.000000230. The van der Waals surface area contributed by atoms with Crippen molar-refractivity contribution in [3.8, 4) is 0 Å². The number of unbranched alkanes of at least 4 members (excludes halogenated alkanes) is 6. The minimum atomic E-state index is 0.757. The predicted octanol–water partition coefficient (Wildman–Crippen LogP) is 9.00. The standard InChI is InChI=1S/C17H30.C6H4S2/c1-3-5-7-9-11-16-13-14-17(15-16)12-10-8-6-4-2;1-3-7-6-2-4-8-5(1)6/h13-16H,3-12H2,1-2H3;1-4H. The van der Waals surface area contributed by atoms with Gasteiger partial charge in [0.2, 0.25) is 0 Å². The minimum Gasteiger partial charge on any atom is -0.143 e. The molecular formula is C23H34S2. The molecule has 0 saturated carbocycles. The average Bonchev–Trinajstić information content (AvgIpc) is 3.33. The molecule has 0 nitrogen and oxygen atoms in total. The molecule has 1 atom stereocenters. The van der Waals surface area contributed by atoms with E-state index >= 15 is 0 Å². The molecule has 2 aromatic heterocycles. The molecule has 138 valence electrons. The van der Waals surface area contributed by atoms with Crippen LogP contribution in [-0.2, 0) is 0 Å². The predicted molar refractivity (Wildman–Crippen MR) is 118 cm³/mol. The van der Waals surface area contributed by atoms with E-state index in [9.17, 15) is 0 Å². The fourth-order valence-corrected chi connectivity index (χ4v) is 5.06. The largest absolute Gasteiger partial charge is 0.143 e. The average molecular weight is 375 g/mol. The summed E-state index contributed by atoms with van der Waals surface area (Å²) >= 11 is 3.61. The molecule has 3 rings (SSSR count). The molecule has 25 heavy (non-hydrogen) atoms. The first-order valence-electron chi connectivity index (χ1n) is 10.1. The van der Waals surface area contributed by atoms with Crippen LogP contribution in [0.2, 0.25) is 0 Å². The highest BCUT2D eigenvalue weighted by atomic mass is 32.1. The maximum Gasteiger partial charge on any atom is 0.0450 e. The Morgan fingerprint density at radius 1 is 0.800 bits per heavy atom. The summed E-state index contributed by atoms with van der Waals surface area (Å²) in [5.74, 6) is 0.757. The lowest BCUT2D eigenvalue weighted by Crippen LogP contribution is -1.89. The van der Waals surface area contributed by atoms with Gasteiger partial charge in [-0.3, -0.25) is 0 Å². The van der Waals surface area contributed by atoms with E-state index in [1.165, 1.54) is 73.6 Å². The molecule has 0 amide bonds. The SMILES string of the molecule is CCCCCCC1=CC(CCCCCC)C=C1.c1cc2sccc2s1. The second kappa shape index (κ2) is 12.5. The van der Waals surface area contributed by atoms with Crippen molar-refractivity contribution in [1.29, 1.82) is 0 Å². The lowest BCUT2D eigenvalue weighted by molar-refractivity contribution is 0.591. The third-order valence-corrected chi connectivity index (χ3v) is 6.66. The van der Waals surface area contributed by atoms with Gasteiger partial charge in [0.15, 0.2) is 0 Å². The van der Waals surface area contributed by atoms with Gasteiger partial charge in [0.1, 0.15) is 0 Å². The van der Waals surface area contributed by atoms with E-state index < -0.39 is 0 Å². The molecular weight excluding hydrogens is 340 g/mol. The molecule has 0 bridgehead atoms. The van der Waals surface area contributed by atoms with Crippen molar-refractivity contribution in [2.45, 2.75) is 78.1 Å². The highest BCUT2D eigenvalue weighted by Gasteiger charge is 2.08. The smallest absolute Gasteiger partial charge is 0.0450 e. The molecule has 2 aromatic rings. The van der Waals surface area contributed by atoms with Crippen molar-refractivity contribution in [2.24, 2.45) is 5.92 Å². The number of allylic oxidation sites excluding steroid dienone is 4. The normalized spacial score (nSPS) is 16.1. The quantitative estimate of drug-likeness (QED) is 0.364. The van der Waals surface area contributed by atoms with Crippen molar-refractivity contribution >= 4 is 32.1 Å². The minimum absolute atomic E-state index is 0.757. The van der Waals surface area contributed by atoms with E-state index in [-0.39, 0.29) is 0 Å². The molecule has 0 fully saturated rings. The van der Waals surface area contributed by atoms with Gasteiger partial charge >= 0.3 is 0 Å². The molecule has 1 aliphatic rings. The van der Waals surface area contributed by atoms with Crippen molar-refractivity contribution in [3.63, 3.8) is 0 Å². The van der Waals surface area contributed by atoms with Crippen LogP contribution in [0.5, 0.6) is 0 Å². The van der Waals surface area contributed by atoms with E-state index in [2.05, 4.69) is 55.0 Å². The maximum absolute atomic E-state index is 2.51. The second-order valence-electron chi connectivity index (χ2n) is 6.99. The Morgan fingerprint density at radius 2 is 1.44 bits per heavy atom. The van der Waals surface area contributed by atoms with Crippen LogP contribution in [0.3, 0.4) is 0 Å². The van der Waals surface area contributed by atoms with Crippen LogP contribution in [0.1, 0.15) is 78.1 Å². The van der Waals surface area contributed by atoms with Gasteiger partial charge in [0.05, 0.1) is 0 Å². The molecule has 0 aliphatic heterocycles. The second-order valence-corrected chi connectivity index (χ2v) is 8.89. The number of hydrogen-bond acceptors (Lipinski definition) is 2. The Hall–Kier alpha value is -0.860. The summed E-state index contributed by atoms with van der Waals surface area (Å²) < 4.78 is 2.82. The molecule has 0 aromatic carbocycles. The molecule has 0 spiro atoms. The highest BCUT2D eigenvalue weighted by molar-refractivity contribution is 7.25. The van der Waals surface area contributed by atoms with Crippen LogP contribution in [-0.4, -0.2) is 0 Å². The summed E-state index contributed by atoms with van der Waals surface area (Å²) in [7, 11) is 0. The van der Waals surface area contributed by atoms with Gasteiger partial charge in [-0.25, -0.2) is 0 Å². The monoisotopic (exact) mass is 374 g/mol. The molecule has 0 radical (unpaired) electrons. The first kappa shape index (κ1) is 20.5. The lowest BCUT2D eigenvalue weighted by Gasteiger charge is -2.04. The van der Waals surface area contributed by atoms with Crippen LogP contribution >= 0.6 is 22.7 Å². The summed E-state index contributed by atoms with van der Waals surface area (Å²) in [6, 6.07) is 4.31. The maximum atomic E-state index is 2.51. The first-order chi connectivity index (χ1) is 12.3. The van der Waals surface area contributed by atoms with E-state index in [4.69, 9.17) is 0 Å². The zero-order chi connectivity index (χ0) is 17.7. The summed E-state index contributed by atoms with van der Waals surface area (Å²) in [4.78, 5) is 0. The number of hydrogen-bond donors (Lipinski definition) is 0. The molecule has 1 aliphatic carbocycles. The lowest BCUT2D eigenvalue weighted by atomic mass is 10.0. The van der Waals surface area contributed by atoms with Gasteiger partial charge in [0.25, 0.3) is 0 Å². The number of rotatable bonds is 10. The molecule has 0 N–H and O–H groups in total. The topological polar surface area (TPSA) is 0 Å². The van der Waals surface area contributed by atoms with Crippen molar-refractivity contribution < 1.29 is 0 Å². The van der Waals surface area contributed by atoms with Crippen molar-refractivity contribution in [2.75, 3.05) is 0 Å². The fraction of sp³-hybridized carbons (Fsp3) is 0.565. The number of thiophene rings is 2. The summed E-state index contributed by atoms with van der Waals surface area (Å²) in [5.41, 5.74) is 1.60. The van der Waals surface area contributed by atoms with E-state index in [0.29, 0.717) is 0 Å². The molecule has 2 heterocycles. The van der Waals surface area contributed by atoms with Crippen LogP contribution in [0.25, 0.3) is 9.40 Å². The third-order valence-electron chi connectivity index (χ3n) is 4.77. The Labute approximate surface area is 162 Å². The zero-order valence-electron chi connectivity index (χ0n) is 16.0. The Bertz CT molecular complexity index is 578. The summed E-state index contributed by atoms with van der Waals surface area (Å²) in [6.07, 6.45) is 21.1. The zero-order valence-corrected chi connectivity index (χ0v) is 17.6. The molecule has 1 unspecified atom stereocenters. The van der Waals surface area contributed by atoms with Crippen LogP contribution in [0.15, 0.2) is 46.7 Å². The summed E-state index contributed by atoms with van der Waals surface area (Å²) in [6.45, 7) is 4.56. The van der Waals surface area contributed by atoms with Gasteiger partial charge in [-0.05, 0) is 48.1 Å². The first-order valence-corrected chi connectivity index (χ1v) is 11.9. The van der Waals surface area contributed by atoms with Gasteiger partial charge in [-0.15, -0.1) is 22.7 Å². The van der Waals surface area contributed by atoms with Crippen molar-refractivity contribution in [3.05, 3.63) is 46.7 Å². The third kappa shape index (κ3) is 7.92. The molecule has 0 saturated heterocycles. The highest BCUT2D eigenvalue weighted by Crippen LogP contribution is 2.26. The van der Waals surface area contributed by atoms with Crippen molar-refractivity contribution in [1.82, 2.24) is 0 Å². The van der Waals surface area contributed by atoms with E-state index in [1.54, 1.807) is 28.2 Å². The number of fused-ring (bicyclic) bond motifs is 1. The van der Waals surface area contributed by atoms with Gasteiger partial charge in [-0.1, -0.05) is 82.6 Å². The molecule has 2 heteroatoms. The fourth-order valence-electron chi connectivity index (χ4n) is 3.24. The Kier molecular flexibility index (Phi) is 10.2. The van der Waals surface area contributed by atoms with Crippen LogP contribution in [0.4, 0.5) is 0 Å². The Morgan fingerprint density at radius 3 is 2.08 bits per heavy atom. The van der Waals surface area contributed by atoms with Gasteiger partial charge in [0, 0.05) is 9.40 Å². The van der Waals surface area contributed by atoms with Gasteiger partial charge < -0.3 is 0 Å². The summed E-state index contributed by atoms with van der Waals surface area (Å²) in [5, 5.41) is 4.25. The van der Waals surface area contributed by atoms with E-state index in [1.807, 2.05) is 0 Å². The van der Waals surface area contributed by atoms with E-state index in [0.717, 1.165) is 5.92 Å².